The summed E-state index contributed by atoms with van der Waals surface area (Å²) in [6, 6.07) is 9.17. The van der Waals surface area contributed by atoms with Crippen LogP contribution in [0.5, 0.6) is 0 Å². The van der Waals surface area contributed by atoms with Gasteiger partial charge in [-0.05, 0) is 58.5 Å². The number of anilines is 2. The molecule has 3 nitrogen and oxygen atoms in total. The first kappa shape index (κ1) is 15.4. The number of halogens is 3. The van der Waals surface area contributed by atoms with Crippen LogP contribution in [0.2, 0.25) is 0 Å². The van der Waals surface area contributed by atoms with E-state index in [-0.39, 0.29) is 16.9 Å². The quantitative estimate of drug-likeness (QED) is 0.744. The summed E-state index contributed by atoms with van der Waals surface area (Å²) in [6.45, 7) is 3.57. The predicted octanol–water partition coefficient (Wildman–Crippen LogP) is 4.86. The molecule has 0 atom stereocenters. The zero-order valence-corrected chi connectivity index (χ0v) is 12.9. The number of carbonyl (C=O) groups excluding carboxylic acids is 1. The number of carbonyl (C=O) groups is 1. The van der Waals surface area contributed by atoms with Gasteiger partial charge in [-0.15, -0.1) is 0 Å². The molecule has 0 spiro atoms. The van der Waals surface area contributed by atoms with Gasteiger partial charge in [-0.2, -0.15) is 0 Å². The molecule has 2 aromatic rings. The molecular formula is C15H10F2INO2. The van der Waals surface area contributed by atoms with Gasteiger partial charge in [-0.3, -0.25) is 0 Å². The molecule has 2 aromatic carbocycles. The Morgan fingerprint density at radius 1 is 1.24 bits per heavy atom. The average Bonchev–Trinajstić information content (AvgIpc) is 2.49. The van der Waals surface area contributed by atoms with Gasteiger partial charge in [-0.1, -0.05) is 18.7 Å². The first-order valence-electron chi connectivity index (χ1n) is 5.86. The third kappa shape index (κ3) is 3.57. The van der Waals surface area contributed by atoms with Gasteiger partial charge >= 0.3 is 5.97 Å². The van der Waals surface area contributed by atoms with Crippen LogP contribution in [-0.2, 0) is 4.94 Å². The molecule has 0 fully saturated rings. The molecule has 0 saturated heterocycles. The highest BCUT2D eigenvalue weighted by molar-refractivity contribution is 14.1. The molecule has 0 heterocycles. The lowest BCUT2D eigenvalue weighted by Gasteiger charge is -2.11. The second kappa shape index (κ2) is 6.66. The van der Waals surface area contributed by atoms with Crippen molar-refractivity contribution in [3.05, 3.63) is 63.5 Å². The summed E-state index contributed by atoms with van der Waals surface area (Å²) in [6.07, 6.45) is 1.50. The van der Waals surface area contributed by atoms with Gasteiger partial charge in [0.1, 0.15) is 5.82 Å². The number of rotatable bonds is 4. The second-order valence-corrected chi connectivity index (χ2v) is 5.37. The van der Waals surface area contributed by atoms with Gasteiger partial charge in [0.25, 0.3) is 0 Å². The van der Waals surface area contributed by atoms with Gasteiger partial charge in [0.15, 0.2) is 0 Å². The fraction of sp³-hybridized carbons (Fsp3) is 0. The smallest absolute Gasteiger partial charge is 0.352 e. The van der Waals surface area contributed by atoms with Crippen molar-refractivity contribution in [3.8, 4) is 0 Å². The topological polar surface area (TPSA) is 38.3 Å². The third-order valence-electron chi connectivity index (χ3n) is 2.77. The summed E-state index contributed by atoms with van der Waals surface area (Å²) in [5.41, 5.74) is 0.981. The summed E-state index contributed by atoms with van der Waals surface area (Å²) < 4.78 is 26.7. The van der Waals surface area contributed by atoms with Crippen LogP contribution in [0.25, 0.3) is 6.08 Å². The maximum absolute atomic E-state index is 13.8. The van der Waals surface area contributed by atoms with Crippen LogP contribution in [0.4, 0.5) is 20.3 Å². The first-order valence-corrected chi connectivity index (χ1v) is 6.94. The Labute approximate surface area is 133 Å². The molecule has 2 rings (SSSR count). The van der Waals surface area contributed by atoms with Crippen LogP contribution >= 0.6 is 22.6 Å². The first-order chi connectivity index (χ1) is 10.0. The summed E-state index contributed by atoms with van der Waals surface area (Å²) in [7, 11) is 0. The SMILES string of the molecule is C=Cc1ccc(Nc2ccc(I)cc2F)c(C(=O)OF)c1. The molecule has 0 radical (unpaired) electrons. The van der Waals surface area contributed by atoms with Crippen molar-refractivity contribution in [1.29, 1.82) is 0 Å². The van der Waals surface area contributed by atoms with Crippen LogP contribution in [0.15, 0.2) is 43.0 Å². The lowest BCUT2D eigenvalue weighted by Crippen LogP contribution is -2.05. The Bertz CT molecular complexity index is 704. The van der Waals surface area contributed by atoms with Crippen molar-refractivity contribution in [2.45, 2.75) is 0 Å². The molecule has 1 N–H and O–H groups in total. The minimum atomic E-state index is -1.16. The van der Waals surface area contributed by atoms with Gasteiger partial charge in [0, 0.05) is 8.10 Å². The van der Waals surface area contributed by atoms with E-state index in [2.05, 4.69) is 16.8 Å². The molecule has 0 bridgehead atoms. The lowest BCUT2D eigenvalue weighted by molar-refractivity contribution is -0.0787. The molecule has 0 aliphatic heterocycles. The monoisotopic (exact) mass is 401 g/mol. The van der Waals surface area contributed by atoms with Gasteiger partial charge in [-0.25, -0.2) is 14.1 Å². The van der Waals surface area contributed by atoms with Crippen molar-refractivity contribution >= 4 is 46.0 Å². The maximum Gasteiger partial charge on any atom is 0.381 e. The Kier molecular flexibility index (Phi) is 4.89. The van der Waals surface area contributed by atoms with Gasteiger partial charge < -0.3 is 5.32 Å². The largest absolute Gasteiger partial charge is 0.381 e. The molecule has 0 saturated carbocycles. The molecular weight excluding hydrogens is 391 g/mol. The molecule has 0 aliphatic carbocycles. The zero-order valence-electron chi connectivity index (χ0n) is 10.7. The highest BCUT2D eigenvalue weighted by atomic mass is 127. The molecule has 0 aliphatic rings. The Hall–Kier alpha value is -1.96. The van der Waals surface area contributed by atoms with Crippen molar-refractivity contribution in [3.63, 3.8) is 0 Å². The number of nitrogens with one attached hydrogen (secondary N) is 1. The van der Waals surface area contributed by atoms with E-state index in [9.17, 15) is 13.7 Å². The van der Waals surface area contributed by atoms with E-state index in [4.69, 9.17) is 0 Å². The molecule has 0 unspecified atom stereocenters. The van der Waals surface area contributed by atoms with Gasteiger partial charge in [0.2, 0.25) is 0 Å². The van der Waals surface area contributed by atoms with Crippen LogP contribution in [0.3, 0.4) is 0 Å². The Balaban J connectivity index is 2.43. The molecule has 0 aromatic heterocycles. The molecule has 21 heavy (non-hydrogen) atoms. The van der Waals surface area contributed by atoms with E-state index in [1.165, 1.54) is 30.3 Å². The Morgan fingerprint density at radius 3 is 2.57 bits per heavy atom. The molecule has 108 valence electrons. The average molecular weight is 401 g/mol. The highest BCUT2D eigenvalue weighted by Gasteiger charge is 2.15. The summed E-state index contributed by atoms with van der Waals surface area (Å²) in [5, 5.41) is 2.75. The molecule has 6 heteroatoms. The minimum absolute atomic E-state index is 0.0483. The summed E-state index contributed by atoms with van der Waals surface area (Å²) in [5.74, 6) is -1.64. The zero-order chi connectivity index (χ0) is 15.4. The van der Waals surface area contributed by atoms with E-state index in [1.807, 2.05) is 22.6 Å². The van der Waals surface area contributed by atoms with Crippen LogP contribution < -0.4 is 5.32 Å². The standard InChI is InChI=1S/C15H10F2INO2/c1-2-9-3-5-13(11(7-9)15(20)21-17)19-14-6-4-10(18)8-12(14)16/h2-8,19H,1H2. The normalized spacial score (nSPS) is 10.0. The molecule has 0 amide bonds. The van der Waals surface area contributed by atoms with Crippen molar-refractivity contribution < 1.29 is 18.7 Å². The van der Waals surface area contributed by atoms with E-state index in [1.54, 1.807) is 12.1 Å². The highest BCUT2D eigenvalue weighted by Crippen LogP contribution is 2.26. The second-order valence-electron chi connectivity index (χ2n) is 4.12. The van der Waals surface area contributed by atoms with E-state index in [0.717, 1.165) is 3.57 Å². The van der Waals surface area contributed by atoms with Gasteiger partial charge in [0.05, 0.1) is 16.9 Å². The van der Waals surface area contributed by atoms with E-state index in [0.29, 0.717) is 5.56 Å². The summed E-state index contributed by atoms with van der Waals surface area (Å²) >= 11 is 1.98. The maximum atomic E-state index is 13.8. The van der Waals surface area contributed by atoms with Crippen LogP contribution in [0, 0.1) is 9.39 Å². The number of hydrogen-bond donors (Lipinski definition) is 1. The van der Waals surface area contributed by atoms with Crippen molar-refractivity contribution in [2.75, 3.05) is 5.32 Å². The van der Waals surface area contributed by atoms with E-state index >= 15 is 0 Å². The van der Waals surface area contributed by atoms with Crippen molar-refractivity contribution in [1.82, 2.24) is 0 Å². The summed E-state index contributed by atoms with van der Waals surface area (Å²) in [4.78, 5) is 14.7. The van der Waals surface area contributed by atoms with Crippen LogP contribution in [-0.4, -0.2) is 5.97 Å². The van der Waals surface area contributed by atoms with E-state index < -0.39 is 11.8 Å². The minimum Gasteiger partial charge on any atom is -0.352 e. The lowest BCUT2D eigenvalue weighted by atomic mass is 10.1. The fourth-order valence-corrected chi connectivity index (χ4v) is 2.20. The predicted molar refractivity (Wildman–Crippen MR) is 85.5 cm³/mol. The number of hydrogen-bond acceptors (Lipinski definition) is 3. The fourth-order valence-electron chi connectivity index (χ4n) is 1.74. The third-order valence-corrected chi connectivity index (χ3v) is 3.44. The van der Waals surface area contributed by atoms with Crippen molar-refractivity contribution in [2.24, 2.45) is 0 Å². The van der Waals surface area contributed by atoms with Crippen LogP contribution in [0.1, 0.15) is 15.9 Å². The Morgan fingerprint density at radius 2 is 1.95 bits per heavy atom. The number of benzene rings is 2.